The summed E-state index contributed by atoms with van der Waals surface area (Å²) in [5.41, 5.74) is 5.67. The number of hydrogen-bond donors (Lipinski definition) is 1. The maximum absolute atomic E-state index is 5.67. The highest BCUT2D eigenvalue weighted by molar-refractivity contribution is 7.99. The lowest BCUT2D eigenvalue weighted by Gasteiger charge is -2.10. The van der Waals surface area contributed by atoms with Gasteiger partial charge in [0.15, 0.2) is 0 Å². The number of nitrogens with zero attached hydrogens (tertiary/aromatic N) is 2. The fourth-order valence-electron chi connectivity index (χ4n) is 1.07. The third-order valence-corrected chi connectivity index (χ3v) is 2.47. The Hall–Kier alpha value is -0.550. The van der Waals surface area contributed by atoms with E-state index in [2.05, 4.69) is 17.1 Å². The van der Waals surface area contributed by atoms with Crippen LogP contribution >= 0.6 is 11.8 Å². The lowest BCUT2D eigenvalue weighted by atomic mass is 10.2. The molecule has 0 saturated carbocycles. The molecule has 0 amide bonds. The molecule has 2 N–H and O–H groups in total. The van der Waals surface area contributed by atoms with Crippen molar-refractivity contribution in [2.75, 3.05) is 0 Å². The van der Waals surface area contributed by atoms with E-state index in [1.807, 2.05) is 6.92 Å². The van der Waals surface area contributed by atoms with Crippen LogP contribution in [0.1, 0.15) is 26.2 Å². The Kier molecular flexibility index (Phi) is 3.74. The van der Waals surface area contributed by atoms with E-state index >= 15 is 0 Å². The maximum Gasteiger partial charge on any atom is 0.276 e. The fraction of sp³-hybridized carbons (Fsp3) is 0.750. The van der Waals surface area contributed by atoms with Crippen molar-refractivity contribution in [2.24, 2.45) is 5.73 Å². The molecule has 1 rings (SSSR count). The standard InChI is InChI=1S/C8H15N3OS/c1-5(9)4-6(2)13-8-11-10-7(3)12-8/h5-6H,4,9H2,1-3H3. The molecular weight excluding hydrogens is 186 g/mol. The quantitative estimate of drug-likeness (QED) is 0.749. The Bertz CT molecular complexity index is 262. The van der Waals surface area contributed by atoms with Crippen molar-refractivity contribution in [1.82, 2.24) is 10.2 Å². The summed E-state index contributed by atoms with van der Waals surface area (Å²) < 4.78 is 5.24. The highest BCUT2D eigenvalue weighted by Gasteiger charge is 2.11. The van der Waals surface area contributed by atoms with Crippen LogP contribution in [0, 0.1) is 6.92 Å². The minimum atomic E-state index is 0.214. The highest BCUT2D eigenvalue weighted by Crippen LogP contribution is 2.23. The molecule has 0 bridgehead atoms. The van der Waals surface area contributed by atoms with E-state index in [1.54, 1.807) is 18.7 Å². The first-order valence-electron chi connectivity index (χ1n) is 4.30. The smallest absolute Gasteiger partial charge is 0.276 e. The van der Waals surface area contributed by atoms with Crippen LogP contribution in [-0.2, 0) is 0 Å². The summed E-state index contributed by atoms with van der Waals surface area (Å²) in [6, 6.07) is 0.214. The van der Waals surface area contributed by atoms with Crippen LogP contribution in [0.25, 0.3) is 0 Å². The van der Waals surface area contributed by atoms with Crippen molar-refractivity contribution in [1.29, 1.82) is 0 Å². The average Bonchev–Trinajstić information content (AvgIpc) is 2.33. The van der Waals surface area contributed by atoms with Crippen LogP contribution in [0.4, 0.5) is 0 Å². The molecule has 0 aromatic carbocycles. The van der Waals surface area contributed by atoms with E-state index in [0.717, 1.165) is 6.42 Å². The van der Waals surface area contributed by atoms with Crippen LogP contribution in [0.3, 0.4) is 0 Å². The highest BCUT2D eigenvalue weighted by atomic mass is 32.2. The fourth-order valence-corrected chi connectivity index (χ4v) is 2.07. The summed E-state index contributed by atoms with van der Waals surface area (Å²) in [6.07, 6.45) is 0.950. The van der Waals surface area contributed by atoms with Crippen molar-refractivity contribution in [3.63, 3.8) is 0 Å². The van der Waals surface area contributed by atoms with Gasteiger partial charge in [-0.25, -0.2) is 0 Å². The molecule has 0 fully saturated rings. The van der Waals surface area contributed by atoms with E-state index in [-0.39, 0.29) is 6.04 Å². The Balaban J connectivity index is 2.40. The first kappa shape index (κ1) is 10.5. The number of hydrogen-bond acceptors (Lipinski definition) is 5. The molecule has 5 heteroatoms. The normalized spacial score (nSPS) is 15.7. The van der Waals surface area contributed by atoms with E-state index < -0.39 is 0 Å². The zero-order valence-corrected chi connectivity index (χ0v) is 8.97. The van der Waals surface area contributed by atoms with Gasteiger partial charge in [-0.15, -0.1) is 10.2 Å². The van der Waals surface area contributed by atoms with Crippen LogP contribution in [0.2, 0.25) is 0 Å². The SMILES string of the molecule is Cc1nnc(SC(C)CC(C)N)o1. The molecule has 1 aromatic rings. The Morgan fingerprint density at radius 2 is 2.15 bits per heavy atom. The largest absolute Gasteiger partial charge is 0.416 e. The van der Waals surface area contributed by atoms with Crippen molar-refractivity contribution < 1.29 is 4.42 Å². The summed E-state index contributed by atoms with van der Waals surface area (Å²) >= 11 is 1.57. The van der Waals surface area contributed by atoms with Crippen LogP contribution < -0.4 is 5.73 Å². The van der Waals surface area contributed by atoms with Crippen LogP contribution in [-0.4, -0.2) is 21.5 Å². The molecule has 2 atom stereocenters. The Morgan fingerprint density at radius 3 is 2.62 bits per heavy atom. The Morgan fingerprint density at radius 1 is 1.46 bits per heavy atom. The van der Waals surface area contributed by atoms with Gasteiger partial charge < -0.3 is 10.2 Å². The summed E-state index contributed by atoms with van der Waals surface area (Å²) in [5.74, 6) is 0.607. The molecule has 0 aliphatic carbocycles. The minimum Gasteiger partial charge on any atom is -0.416 e. The van der Waals surface area contributed by atoms with Gasteiger partial charge in [0, 0.05) is 18.2 Å². The van der Waals surface area contributed by atoms with Gasteiger partial charge in [0.1, 0.15) is 0 Å². The summed E-state index contributed by atoms with van der Waals surface area (Å²) in [4.78, 5) is 0. The molecule has 0 spiro atoms. The molecule has 0 aliphatic heterocycles. The zero-order chi connectivity index (χ0) is 9.84. The topological polar surface area (TPSA) is 64.9 Å². The lowest BCUT2D eigenvalue weighted by molar-refractivity contribution is 0.428. The van der Waals surface area contributed by atoms with E-state index in [9.17, 15) is 0 Å². The monoisotopic (exact) mass is 201 g/mol. The van der Waals surface area contributed by atoms with E-state index in [1.165, 1.54) is 0 Å². The molecule has 0 saturated heterocycles. The molecule has 1 aromatic heterocycles. The summed E-state index contributed by atoms with van der Waals surface area (Å²) in [7, 11) is 0. The maximum atomic E-state index is 5.67. The molecule has 13 heavy (non-hydrogen) atoms. The molecular formula is C8H15N3OS. The van der Waals surface area contributed by atoms with Gasteiger partial charge in [-0.3, -0.25) is 0 Å². The van der Waals surface area contributed by atoms with Crippen molar-refractivity contribution in [2.45, 2.75) is 43.7 Å². The van der Waals surface area contributed by atoms with Gasteiger partial charge in [0.25, 0.3) is 5.22 Å². The first-order valence-corrected chi connectivity index (χ1v) is 5.18. The minimum absolute atomic E-state index is 0.214. The molecule has 4 nitrogen and oxygen atoms in total. The molecule has 2 unspecified atom stereocenters. The molecule has 0 radical (unpaired) electrons. The first-order chi connectivity index (χ1) is 6.08. The zero-order valence-electron chi connectivity index (χ0n) is 8.15. The van der Waals surface area contributed by atoms with Gasteiger partial charge in [-0.2, -0.15) is 0 Å². The molecule has 74 valence electrons. The van der Waals surface area contributed by atoms with Gasteiger partial charge in [-0.05, 0) is 13.3 Å². The van der Waals surface area contributed by atoms with Crippen molar-refractivity contribution in [3.8, 4) is 0 Å². The second kappa shape index (κ2) is 4.62. The molecule has 1 heterocycles. The number of aromatic nitrogens is 2. The van der Waals surface area contributed by atoms with Gasteiger partial charge in [0.05, 0.1) is 0 Å². The second-order valence-electron chi connectivity index (χ2n) is 3.23. The van der Waals surface area contributed by atoms with Gasteiger partial charge >= 0.3 is 0 Å². The van der Waals surface area contributed by atoms with E-state index in [0.29, 0.717) is 16.4 Å². The third-order valence-electron chi connectivity index (χ3n) is 1.51. The van der Waals surface area contributed by atoms with Crippen molar-refractivity contribution >= 4 is 11.8 Å². The Labute approximate surface area is 82.3 Å². The number of rotatable bonds is 4. The van der Waals surface area contributed by atoms with E-state index in [4.69, 9.17) is 10.2 Å². The van der Waals surface area contributed by atoms with Crippen molar-refractivity contribution in [3.05, 3.63) is 5.89 Å². The molecule has 0 aliphatic rings. The van der Waals surface area contributed by atoms with Crippen LogP contribution in [0.15, 0.2) is 9.64 Å². The van der Waals surface area contributed by atoms with Crippen LogP contribution in [0.5, 0.6) is 0 Å². The predicted octanol–water partition coefficient (Wildman–Crippen LogP) is 1.60. The summed E-state index contributed by atoms with van der Waals surface area (Å²) in [5, 5.41) is 8.70. The average molecular weight is 201 g/mol. The van der Waals surface area contributed by atoms with Gasteiger partial charge in [0.2, 0.25) is 5.89 Å². The number of nitrogens with two attached hydrogens (primary N) is 1. The van der Waals surface area contributed by atoms with Gasteiger partial charge in [-0.1, -0.05) is 18.7 Å². The number of aryl methyl sites for hydroxylation is 1. The third kappa shape index (κ3) is 3.78. The second-order valence-corrected chi connectivity index (χ2v) is 4.62. The number of thioether (sulfide) groups is 1. The lowest BCUT2D eigenvalue weighted by Crippen LogP contribution is -2.19. The predicted molar refractivity (Wildman–Crippen MR) is 52.6 cm³/mol. The summed E-state index contributed by atoms with van der Waals surface area (Å²) in [6.45, 7) is 5.89.